The molecule has 1 unspecified atom stereocenters. The van der Waals surface area contributed by atoms with E-state index in [0.717, 1.165) is 11.1 Å². The number of aromatic nitrogens is 3. The van der Waals surface area contributed by atoms with Crippen LogP contribution in [0.1, 0.15) is 29.8 Å². The Hall–Kier alpha value is -2.37. The SMILES string of the molecule is CCOC(=O)C(c1cccc(C)c1)c1nc(N)n(C)n1. The number of hydrogen-bond donors (Lipinski definition) is 1. The number of ether oxygens (including phenoxy) is 1. The van der Waals surface area contributed by atoms with Gasteiger partial charge in [-0.25, -0.2) is 4.68 Å². The van der Waals surface area contributed by atoms with Crippen molar-refractivity contribution in [3.8, 4) is 0 Å². The molecule has 1 aromatic carbocycles. The normalized spacial score (nSPS) is 12.2. The van der Waals surface area contributed by atoms with E-state index in [2.05, 4.69) is 10.1 Å². The van der Waals surface area contributed by atoms with Crippen LogP contribution in [0.15, 0.2) is 24.3 Å². The molecule has 0 spiro atoms. The molecule has 6 heteroatoms. The number of anilines is 1. The van der Waals surface area contributed by atoms with Crippen molar-refractivity contribution in [3.05, 3.63) is 41.2 Å². The van der Waals surface area contributed by atoms with E-state index >= 15 is 0 Å². The van der Waals surface area contributed by atoms with Crippen LogP contribution in [-0.4, -0.2) is 27.3 Å². The molecule has 0 saturated heterocycles. The van der Waals surface area contributed by atoms with Gasteiger partial charge in [-0.15, -0.1) is 0 Å². The number of esters is 1. The molecular weight excluding hydrogens is 256 g/mol. The fraction of sp³-hybridized carbons (Fsp3) is 0.357. The Bertz CT molecular complexity index is 602. The molecule has 2 N–H and O–H groups in total. The molecule has 0 aliphatic carbocycles. The molecule has 0 aliphatic heterocycles. The monoisotopic (exact) mass is 274 g/mol. The van der Waals surface area contributed by atoms with Crippen LogP contribution in [0.5, 0.6) is 0 Å². The minimum atomic E-state index is -0.654. The fourth-order valence-electron chi connectivity index (χ4n) is 2.01. The Kier molecular flexibility index (Phi) is 4.02. The first kappa shape index (κ1) is 14.0. The largest absolute Gasteiger partial charge is 0.465 e. The van der Waals surface area contributed by atoms with Gasteiger partial charge in [-0.3, -0.25) is 4.79 Å². The van der Waals surface area contributed by atoms with Crippen molar-refractivity contribution in [1.29, 1.82) is 0 Å². The lowest BCUT2D eigenvalue weighted by Gasteiger charge is -2.13. The Labute approximate surface area is 117 Å². The Morgan fingerprint density at radius 2 is 2.25 bits per heavy atom. The lowest BCUT2D eigenvalue weighted by Crippen LogP contribution is -2.19. The maximum absolute atomic E-state index is 12.2. The molecule has 0 radical (unpaired) electrons. The number of hydrogen-bond acceptors (Lipinski definition) is 5. The van der Waals surface area contributed by atoms with Crippen molar-refractivity contribution in [2.24, 2.45) is 7.05 Å². The zero-order valence-electron chi connectivity index (χ0n) is 11.8. The van der Waals surface area contributed by atoms with Gasteiger partial charge in [0.15, 0.2) is 5.82 Å². The summed E-state index contributed by atoms with van der Waals surface area (Å²) in [5.74, 6) is -0.405. The summed E-state index contributed by atoms with van der Waals surface area (Å²) in [6, 6.07) is 7.64. The van der Waals surface area contributed by atoms with E-state index in [1.165, 1.54) is 4.68 Å². The Morgan fingerprint density at radius 1 is 1.50 bits per heavy atom. The molecule has 6 nitrogen and oxygen atoms in total. The van der Waals surface area contributed by atoms with E-state index in [9.17, 15) is 4.79 Å². The summed E-state index contributed by atoms with van der Waals surface area (Å²) in [6.07, 6.45) is 0. The Balaban J connectivity index is 2.47. The van der Waals surface area contributed by atoms with Crippen LogP contribution in [0.3, 0.4) is 0 Å². The number of nitrogens with two attached hydrogens (primary N) is 1. The summed E-state index contributed by atoms with van der Waals surface area (Å²) in [5.41, 5.74) is 7.55. The second-order valence-electron chi connectivity index (χ2n) is 4.55. The van der Waals surface area contributed by atoms with Crippen molar-refractivity contribution in [3.63, 3.8) is 0 Å². The summed E-state index contributed by atoms with van der Waals surface area (Å²) in [4.78, 5) is 16.4. The van der Waals surface area contributed by atoms with Crippen molar-refractivity contribution in [2.75, 3.05) is 12.3 Å². The number of aryl methyl sites for hydroxylation is 2. The van der Waals surface area contributed by atoms with Crippen LogP contribution < -0.4 is 5.73 Å². The van der Waals surface area contributed by atoms with Crippen molar-refractivity contribution < 1.29 is 9.53 Å². The molecule has 106 valence electrons. The number of nitrogen functional groups attached to an aromatic ring is 1. The summed E-state index contributed by atoms with van der Waals surface area (Å²) in [5, 5.41) is 4.20. The Morgan fingerprint density at radius 3 is 2.80 bits per heavy atom. The molecule has 1 atom stereocenters. The van der Waals surface area contributed by atoms with Crippen LogP contribution in [0.2, 0.25) is 0 Å². The predicted molar refractivity (Wildman–Crippen MR) is 75.1 cm³/mol. The first-order chi connectivity index (χ1) is 9.52. The average Bonchev–Trinajstić information content (AvgIpc) is 2.70. The summed E-state index contributed by atoms with van der Waals surface area (Å²) < 4.78 is 6.57. The van der Waals surface area contributed by atoms with Gasteiger partial charge in [-0.2, -0.15) is 10.1 Å². The maximum Gasteiger partial charge on any atom is 0.321 e. The molecule has 0 fully saturated rings. The molecular formula is C14H18N4O2. The van der Waals surface area contributed by atoms with Gasteiger partial charge in [0.1, 0.15) is 5.92 Å². The number of carbonyl (C=O) groups excluding carboxylic acids is 1. The highest BCUT2D eigenvalue weighted by molar-refractivity contribution is 5.81. The highest BCUT2D eigenvalue weighted by Crippen LogP contribution is 2.25. The second-order valence-corrected chi connectivity index (χ2v) is 4.55. The van der Waals surface area contributed by atoms with Gasteiger partial charge in [0.25, 0.3) is 0 Å². The van der Waals surface area contributed by atoms with Crippen LogP contribution in [-0.2, 0) is 16.6 Å². The second kappa shape index (κ2) is 5.73. The van der Waals surface area contributed by atoms with Gasteiger partial charge >= 0.3 is 5.97 Å². The molecule has 2 aromatic rings. The zero-order chi connectivity index (χ0) is 14.7. The lowest BCUT2D eigenvalue weighted by molar-refractivity contribution is -0.144. The highest BCUT2D eigenvalue weighted by atomic mass is 16.5. The lowest BCUT2D eigenvalue weighted by atomic mass is 9.97. The summed E-state index contributed by atoms with van der Waals surface area (Å²) in [7, 11) is 1.68. The van der Waals surface area contributed by atoms with Gasteiger partial charge in [-0.1, -0.05) is 29.8 Å². The van der Waals surface area contributed by atoms with Crippen LogP contribution in [0, 0.1) is 6.92 Å². The number of nitrogens with zero attached hydrogens (tertiary/aromatic N) is 3. The fourth-order valence-corrected chi connectivity index (χ4v) is 2.01. The van der Waals surface area contributed by atoms with E-state index in [4.69, 9.17) is 10.5 Å². The molecule has 1 aromatic heterocycles. The van der Waals surface area contributed by atoms with Gasteiger partial charge in [0.05, 0.1) is 6.61 Å². The quantitative estimate of drug-likeness (QED) is 0.852. The van der Waals surface area contributed by atoms with Gasteiger partial charge in [0, 0.05) is 7.05 Å². The number of carbonyl (C=O) groups is 1. The first-order valence-electron chi connectivity index (χ1n) is 6.42. The third kappa shape index (κ3) is 2.79. The number of benzene rings is 1. The van der Waals surface area contributed by atoms with Gasteiger partial charge < -0.3 is 10.5 Å². The molecule has 0 bridgehead atoms. The third-order valence-electron chi connectivity index (χ3n) is 2.97. The smallest absolute Gasteiger partial charge is 0.321 e. The molecule has 20 heavy (non-hydrogen) atoms. The maximum atomic E-state index is 12.2. The summed E-state index contributed by atoms with van der Waals surface area (Å²) >= 11 is 0. The number of rotatable bonds is 4. The predicted octanol–water partition coefficient (Wildman–Crippen LogP) is 1.40. The van der Waals surface area contributed by atoms with Crippen LogP contribution in [0.25, 0.3) is 0 Å². The van der Waals surface area contributed by atoms with Crippen LogP contribution >= 0.6 is 0 Å². The molecule has 1 heterocycles. The first-order valence-corrected chi connectivity index (χ1v) is 6.42. The van der Waals surface area contributed by atoms with E-state index in [1.807, 2.05) is 31.2 Å². The topological polar surface area (TPSA) is 83.0 Å². The third-order valence-corrected chi connectivity index (χ3v) is 2.97. The molecule has 0 amide bonds. The zero-order valence-corrected chi connectivity index (χ0v) is 11.8. The van der Waals surface area contributed by atoms with E-state index in [0.29, 0.717) is 12.4 Å². The molecule has 2 rings (SSSR count). The summed E-state index contributed by atoms with van der Waals surface area (Å²) in [6.45, 7) is 4.04. The van der Waals surface area contributed by atoms with E-state index in [1.54, 1.807) is 14.0 Å². The van der Waals surface area contributed by atoms with Crippen molar-refractivity contribution in [2.45, 2.75) is 19.8 Å². The van der Waals surface area contributed by atoms with E-state index in [-0.39, 0.29) is 11.9 Å². The molecule has 0 saturated carbocycles. The highest BCUT2D eigenvalue weighted by Gasteiger charge is 2.28. The minimum absolute atomic E-state index is 0.266. The van der Waals surface area contributed by atoms with Gasteiger partial charge in [-0.05, 0) is 19.4 Å². The average molecular weight is 274 g/mol. The van der Waals surface area contributed by atoms with E-state index < -0.39 is 5.92 Å². The molecule has 0 aliphatic rings. The van der Waals surface area contributed by atoms with Crippen molar-refractivity contribution >= 4 is 11.9 Å². The van der Waals surface area contributed by atoms with Crippen LogP contribution in [0.4, 0.5) is 5.95 Å². The standard InChI is InChI=1S/C14H18N4O2/c1-4-20-13(19)11(10-7-5-6-9(2)8-10)12-16-14(15)18(3)17-12/h5-8,11H,4H2,1-3H3,(H2,15,16,17). The van der Waals surface area contributed by atoms with Gasteiger partial charge in [0.2, 0.25) is 5.95 Å². The minimum Gasteiger partial charge on any atom is -0.465 e. The van der Waals surface area contributed by atoms with Crippen molar-refractivity contribution in [1.82, 2.24) is 14.8 Å².